The standard InChI is InChI=1S/C23H25ClO/c1-18(20-12-14-22(24)15-13-20)7-5-10-21(23-11-6-16-25-23)17-19-8-3-2-4-9-19/h2-4,6,8-9,11-16,18,21H,5,7,10,17H2,1H3. The van der Waals surface area contributed by atoms with Gasteiger partial charge in [0, 0.05) is 10.9 Å². The quantitative estimate of drug-likeness (QED) is 0.416. The molecule has 0 bridgehead atoms. The van der Waals surface area contributed by atoms with Crippen molar-refractivity contribution >= 4 is 11.6 Å². The van der Waals surface area contributed by atoms with Crippen LogP contribution in [0.4, 0.5) is 0 Å². The van der Waals surface area contributed by atoms with Crippen molar-refractivity contribution in [2.24, 2.45) is 0 Å². The van der Waals surface area contributed by atoms with E-state index in [9.17, 15) is 0 Å². The van der Waals surface area contributed by atoms with E-state index >= 15 is 0 Å². The Labute approximate surface area is 155 Å². The van der Waals surface area contributed by atoms with Gasteiger partial charge in [-0.2, -0.15) is 0 Å². The fraction of sp³-hybridized carbons (Fsp3) is 0.304. The Kier molecular flexibility index (Phi) is 6.36. The first-order valence-corrected chi connectivity index (χ1v) is 9.43. The first-order chi connectivity index (χ1) is 12.2. The van der Waals surface area contributed by atoms with Crippen LogP contribution in [0.25, 0.3) is 0 Å². The zero-order valence-corrected chi connectivity index (χ0v) is 15.5. The van der Waals surface area contributed by atoms with Gasteiger partial charge >= 0.3 is 0 Å². The minimum Gasteiger partial charge on any atom is -0.469 e. The zero-order valence-electron chi connectivity index (χ0n) is 14.7. The van der Waals surface area contributed by atoms with E-state index in [-0.39, 0.29) is 0 Å². The minimum atomic E-state index is 0.440. The van der Waals surface area contributed by atoms with Crippen molar-refractivity contribution in [2.75, 3.05) is 0 Å². The van der Waals surface area contributed by atoms with Crippen LogP contribution in [0.2, 0.25) is 5.02 Å². The van der Waals surface area contributed by atoms with E-state index in [0.29, 0.717) is 11.8 Å². The third kappa shape index (κ3) is 5.24. The number of halogens is 1. The molecule has 1 nitrogen and oxygen atoms in total. The molecule has 0 aliphatic heterocycles. The maximum atomic E-state index is 5.99. The highest BCUT2D eigenvalue weighted by Gasteiger charge is 2.16. The second kappa shape index (κ2) is 8.92. The molecule has 0 amide bonds. The monoisotopic (exact) mass is 352 g/mol. The molecule has 130 valence electrons. The van der Waals surface area contributed by atoms with Crippen LogP contribution in [0.3, 0.4) is 0 Å². The summed E-state index contributed by atoms with van der Waals surface area (Å²) < 4.78 is 5.71. The maximum absolute atomic E-state index is 5.99. The lowest BCUT2D eigenvalue weighted by atomic mass is 9.89. The van der Waals surface area contributed by atoms with Crippen LogP contribution in [-0.2, 0) is 6.42 Å². The Hall–Kier alpha value is -1.99. The van der Waals surface area contributed by atoms with Crippen LogP contribution in [0, 0.1) is 0 Å². The molecule has 3 rings (SSSR count). The zero-order chi connectivity index (χ0) is 17.5. The van der Waals surface area contributed by atoms with Gasteiger partial charge in [-0.3, -0.25) is 0 Å². The van der Waals surface area contributed by atoms with Gasteiger partial charge in [-0.05, 0) is 60.6 Å². The van der Waals surface area contributed by atoms with Gasteiger partial charge in [0.2, 0.25) is 0 Å². The molecule has 2 heteroatoms. The lowest BCUT2D eigenvalue weighted by Gasteiger charge is -2.17. The summed E-state index contributed by atoms with van der Waals surface area (Å²) in [7, 11) is 0. The van der Waals surface area contributed by atoms with Crippen molar-refractivity contribution in [2.45, 2.75) is 44.4 Å². The second-order valence-corrected chi connectivity index (χ2v) is 7.22. The summed E-state index contributed by atoms with van der Waals surface area (Å²) >= 11 is 5.99. The van der Waals surface area contributed by atoms with Crippen LogP contribution in [-0.4, -0.2) is 0 Å². The van der Waals surface area contributed by atoms with E-state index in [1.807, 2.05) is 18.2 Å². The Morgan fingerprint density at radius 3 is 2.32 bits per heavy atom. The van der Waals surface area contributed by atoms with Gasteiger partial charge in [-0.1, -0.05) is 67.4 Å². The van der Waals surface area contributed by atoms with Crippen molar-refractivity contribution in [1.29, 1.82) is 0 Å². The van der Waals surface area contributed by atoms with Crippen LogP contribution >= 0.6 is 11.6 Å². The molecule has 1 heterocycles. The fourth-order valence-corrected chi connectivity index (χ4v) is 3.52. The van der Waals surface area contributed by atoms with Gasteiger partial charge in [0.1, 0.15) is 5.76 Å². The van der Waals surface area contributed by atoms with Crippen LogP contribution in [0.5, 0.6) is 0 Å². The lowest BCUT2D eigenvalue weighted by molar-refractivity contribution is 0.429. The van der Waals surface area contributed by atoms with Gasteiger partial charge in [-0.25, -0.2) is 0 Å². The largest absolute Gasteiger partial charge is 0.469 e. The lowest BCUT2D eigenvalue weighted by Crippen LogP contribution is -2.03. The third-order valence-electron chi connectivity index (χ3n) is 4.90. The van der Waals surface area contributed by atoms with E-state index in [0.717, 1.165) is 23.6 Å². The normalized spacial score (nSPS) is 13.5. The van der Waals surface area contributed by atoms with Crippen molar-refractivity contribution in [3.05, 3.63) is 94.9 Å². The number of rotatable bonds is 8. The predicted octanol–water partition coefficient (Wildman–Crippen LogP) is 7.23. The average molecular weight is 353 g/mol. The predicted molar refractivity (Wildman–Crippen MR) is 105 cm³/mol. The molecule has 0 saturated heterocycles. The molecule has 0 N–H and O–H groups in total. The summed E-state index contributed by atoms with van der Waals surface area (Å²) in [6.45, 7) is 2.29. The van der Waals surface area contributed by atoms with E-state index in [1.54, 1.807) is 6.26 Å². The summed E-state index contributed by atoms with van der Waals surface area (Å²) in [4.78, 5) is 0. The number of hydrogen-bond donors (Lipinski definition) is 0. The minimum absolute atomic E-state index is 0.440. The van der Waals surface area contributed by atoms with Crippen molar-refractivity contribution in [3.63, 3.8) is 0 Å². The fourth-order valence-electron chi connectivity index (χ4n) is 3.40. The molecular weight excluding hydrogens is 328 g/mol. The SMILES string of the molecule is CC(CCCC(Cc1ccccc1)c1ccco1)c1ccc(Cl)cc1. The molecule has 0 saturated carbocycles. The summed E-state index contributed by atoms with van der Waals surface area (Å²) in [5.41, 5.74) is 2.73. The summed E-state index contributed by atoms with van der Waals surface area (Å²) in [6, 6.07) is 23.0. The Morgan fingerprint density at radius 2 is 1.64 bits per heavy atom. The molecular formula is C23H25ClO. The van der Waals surface area contributed by atoms with Crippen molar-refractivity contribution < 1.29 is 4.42 Å². The molecule has 2 aromatic carbocycles. The second-order valence-electron chi connectivity index (χ2n) is 6.79. The van der Waals surface area contributed by atoms with Gasteiger partial charge in [0.15, 0.2) is 0 Å². The molecule has 25 heavy (non-hydrogen) atoms. The smallest absolute Gasteiger partial charge is 0.107 e. The number of hydrogen-bond acceptors (Lipinski definition) is 1. The molecule has 2 atom stereocenters. The average Bonchev–Trinajstić information content (AvgIpc) is 3.17. The van der Waals surface area contributed by atoms with E-state index in [2.05, 4.69) is 55.5 Å². The van der Waals surface area contributed by atoms with Gasteiger partial charge < -0.3 is 4.42 Å². The van der Waals surface area contributed by atoms with E-state index < -0.39 is 0 Å². The number of furan rings is 1. The molecule has 0 aliphatic rings. The van der Waals surface area contributed by atoms with Crippen LogP contribution in [0.15, 0.2) is 77.4 Å². The summed E-state index contributed by atoms with van der Waals surface area (Å²) in [5, 5.41) is 0.802. The summed E-state index contributed by atoms with van der Waals surface area (Å²) in [6.07, 6.45) is 6.31. The van der Waals surface area contributed by atoms with E-state index in [1.165, 1.54) is 24.0 Å². The molecule has 0 aliphatic carbocycles. The maximum Gasteiger partial charge on any atom is 0.107 e. The van der Waals surface area contributed by atoms with Crippen molar-refractivity contribution in [1.82, 2.24) is 0 Å². The summed E-state index contributed by atoms with van der Waals surface area (Å²) in [5.74, 6) is 2.09. The molecule has 2 unspecified atom stereocenters. The van der Waals surface area contributed by atoms with Gasteiger partial charge in [-0.15, -0.1) is 0 Å². The molecule has 0 radical (unpaired) electrons. The van der Waals surface area contributed by atoms with Crippen molar-refractivity contribution in [3.8, 4) is 0 Å². The Morgan fingerprint density at radius 1 is 0.880 bits per heavy atom. The first kappa shape index (κ1) is 17.8. The molecule has 3 aromatic rings. The number of benzene rings is 2. The van der Waals surface area contributed by atoms with Gasteiger partial charge in [0.05, 0.1) is 6.26 Å². The van der Waals surface area contributed by atoms with Crippen LogP contribution < -0.4 is 0 Å². The highest BCUT2D eigenvalue weighted by molar-refractivity contribution is 6.30. The highest BCUT2D eigenvalue weighted by Crippen LogP contribution is 2.30. The first-order valence-electron chi connectivity index (χ1n) is 9.05. The molecule has 0 spiro atoms. The van der Waals surface area contributed by atoms with Crippen LogP contribution in [0.1, 0.15) is 54.9 Å². The van der Waals surface area contributed by atoms with Gasteiger partial charge in [0.25, 0.3) is 0 Å². The topological polar surface area (TPSA) is 13.1 Å². The van der Waals surface area contributed by atoms with E-state index in [4.69, 9.17) is 16.0 Å². The Bertz CT molecular complexity index is 732. The highest BCUT2D eigenvalue weighted by atomic mass is 35.5. The molecule has 1 aromatic heterocycles. The molecule has 0 fully saturated rings. The Balaban J connectivity index is 1.58. The third-order valence-corrected chi connectivity index (χ3v) is 5.15.